The SMILES string of the molecule is O=C(NC(=O)c1ccccc1Cl)Nc1ccc(F)c(C(F)(F)F)c1. The molecule has 9 heteroatoms. The van der Waals surface area contributed by atoms with Gasteiger partial charge in [-0.15, -0.1) is 0 Å². The first-order chi connectivity index (χ1) is 11.2. The van der Waals surface area contributed by atoms with Crippen LogP contribution in [0.5, 0.6) is 0 Å². The largest absolute Gasteiger partial charge is 0.419 e. The lowest BCUT2D eigenvalue weighted by Crippen LogP contribution is -2.34. The number of amides is 3. The van der Waals surface area contributed by atoms with Gasteiger partial charge in [-0.1, -0.05) is 23.7 Å². The van der Waals surface area contributed by atoms with E-state index in [1.807, 2.05) is 10.6 Å². The first kappa shape index (κ1) is 17.7. The van der Waals surface area contributed by atoms with E-state index in [4.69, 9.17) is 11.6 Å². The highest BCUT2D eigenvalue weighted by atomic mass is 35.5. The van der Waals surface area contributed by atoms with Crippen molar-refractivity contribution >= 4 is 29.2 Å². The van der Waals surface area contributed by atoms with E-state index < -0.39 is 29.5 Å². The highest BCUT2D eigenvalue weighted by molar-refractivity contribution is 6.34. The van der Waals surface area contributed by atoms with Gasteiger partial charge in [-0.05, 0) is 30.3 Å². The maximum absolute atomic E-state index is 13.2. The fourth-order valence-electron chi connectivity index (χ4n) is 1.80. The van der Waals surface area contributed by atoms with Crippen LogP contribution in [0.25, 0.3) is 0 Å². The van der Waals surface area contributed by atoms with Crippen LogP contribution < -0.4 is 10.6 Å². The molecule has 24 heavy (non-hydrogen) atoms. The van der Waals surface area contributed by atoms with Crippen molar-refractivity contribution in [2.45, 2.75) is 6.18 Å². The second kappa shape index (κ2) is 6.88. The van der Waals surface area contributed by atoms with E-state index in [1.165, 1.54) is 18.2 Å². The number of imide groups is 1. The minimum Gasteiger partial charge on any atom is -0.308 e. The van der Waals surface area contributed by atoms with Crippen LogP contribution in [-0.4, -0.2) is 11.9 Å². The zero-order valence-electron chi connectivity index (χ0n) is 11.7. The van der Waals surface area contributed by atoms with Gasteiger partial charge in [0.2, 0.25) is 0 Å². The molecule has 3 amide bonds. The summed E-state index contributed by atoms with van der Waals surface area (Å²) in [5, 5.41) is 4.03. The van der Waals surface area contributed by atoms with Crippen molar-refractivity contribution in [3.05, 3.63) is 64.4 Å². The smallest absolute Gasteiger partial charge is 0.308 e. The van der Waals surface area contributed by atoms with Crippen LogP contribution in [0.3, 0.4) is 0 Å². The molecule has 0 unspecified atom stereocenters. The van der Waals surface area contributed by atoms with E-state index in [9.17, 15) is 27.2 Å². The standard InChI is InChI=1S/C15H9ClF4N2O2/c16-11-4-2-1-3-9(11)13(23)22-14(24)21-8-5-6-12(17)10(7-8)15(18,19)20/h1-7H,(H2,21,22,23,24). The number of alkyl halides is 3. The summed E-state index contributed by atoms with van der Waals surface area (Å²) in [6, 6.07) is 6.74. The van der Waals surface area contributed by atoms with Crippen LogP contribution in [0.1, 0.15) is 15.9 Å². The van der Waals surface area contributed by atoms with Crippen LogP contribution in [0.2, 0.25) is 5.02 Å². The number of urea groups is 1. The minimum absolute atomic E-state index is 0.0180. The van der Waals surface area contributed by atoms with E-state index in [0.717, 1.165) is 6.07 Å². The monoisotopic (exact) mass is 360 g/mol. The lowest BCUT2D eigenvalue weighted by Gasteiger charge is -2.11. The zero-order valence-corrected chi connectivity index (χ0v) is 12.5. The van der Waals surface area contributed by atoms with Gasteiger partial charge in [-0.25, -0.2) is 9.18 Å². The Balaban J connectivity index is 2.11. The predicted octanol–water partition coefficient (Wildman–Crippen LogP) is 4.46. The van der Waals surface area contributed by atoms with Gasteiger partial charge in [0.25, 0.3) is 5.91 Å². The van der Waals surface area contributed by atoms with Crippen molar-refractivity contribution in [1.29, 1.82) is 0 Å². The van der Waals surface area contributed by atoms with E-state index in [2.05, 4.69) is 0 Å². The fourth-order valence-corrected chi connectivity index (χ4v) is 2.02. The van der Waals surface area contributed by atoms with Crippen LogP contribution >= 0.6 is 11.6 Å². The third kappa shape index (κ3) is 4.23. The second-order valence-electron chi connectivity index (χ2n) is 4.58. The van der Waals surface area contributed by atoms with Gasteiger partial charge < -0.3 is 5.32 Å². The molecule has 0 saturated carbocycles. The molecule has 2 aromatic rings. The number of carbonyl (C=O) groups is 2. The Labute approximate surface area is 138 Å². The molecule has 2 rings (SSSR count). The van der Waals surface area contributed by atoms with Crippen molar-refractivity contribution in [1.82, 2.24) is 5.32 Å². The number of nitrogens with one attached hydrogen (secondary N) is 2. The Bertz CT molecular complexity index is 793. The van der Waals surface area contributed by atoms with E-state index in [-0.39, 0.29) is 16.3 Å². The summed E-state index contributed by atoms with van der Waals surface area (Å²) in [7, 11) is 0. The Morgan fingerprint density at radius 1 is 1.04 bits per heavy atom. The van der Waals surface area contributed by atoms with E-state index in [0.29, 0.717) is 12.1 Å². The maximum atomic E-state index is 13.2. The minimum atomic E-state index is -4.91. The molecule has 0 aliphatic rings. The Hall–Kier alpha value is -2.61. The van der Waals surface area contributed by atoms with Crippen molar-refractivity contribution in [2.75, 3.05) is 5.32 Å². The number of hydrogen-bond acceptors (Lipinski definition) is 2. The van der Waals surface area contributed by atoms with E-state index >= 15 is 0 Å². The van der Waals surface area contributed by atoms with Gasteiger partial charge in [-0.2, -0.15) is 13.2 Å². The Morgan fingerprint density at radius 2 is 1.71 bits per heavy atom. The van der Waals surface area contributed by atoms with Crippen molar-refractivity contribution in [3.63, 3.8) is 0 Å². The van der Waals surface area contributed by atoms with Gasteiger partial charge in [0.15, 0.2) is 0 Å². The highest BCUT2D eigenvalue weighted by Crippen LogP contribution is 2.32. The summed E-state index contributed by atoms with van der Waals surface area (Å²) in [5.41, 5.74) is -1.84. The topological polar surface area (TPSA) is 58.2 Å². The van der Waals surface area contributed by atoms with Gasteiger partial charge in [0, 0.05) is 5.69 Å². The Kier molecular flexibility index (Phi) is 5.08. The zero-order chi connectivity index (χ0) is 17.9. The first-order valence-electron chi connectivity index (χ1n) is 6.42. The number of benzene rings is 2. The molecule has 4 nitrogen and oxygen atoms in total. The summed E-state index contributed by atoms with van der Waals surface area (Å²) < 4.78 is 51.0. The van der Waals surface area contributed by atoms with Gasteiger partial charge >= 0.3 is 12.2 Å². The average molecular weight is 361 g/mol. The van der Waals surface area contributed by atoms with Crippen molar-refractivity contribution in [3.8, 4) is 0 Å². The lowest BCUT2D eigenvalue weighted by atomic mass is 10.2. The third-order valence-corrected chi connectivity index (χ3v) is 3.20. The third-order valence-electron chi connectivity index (χ3n) is 2.88. The Morgan fingerprint density at radius 3 is 2.33 bits per heavy atom. The molecule has 0 aliphatic heterocycles. The molecule has 126 valence electrons. The molecule has 0 spiro atoms. The molecule has 0 saturated heterocycles. The average Bonchev–Trinajstić information content (AvgIpc) is 2.48. The molecular formula is C15H9ClF4N2O2. The van der Waals surface area contributed by atoms with Gasteiger partial charge in [0.05, 0.1) is 16.1 Å². The molecule has 0 aliphatic carbocycles. The van der Waals surface area contributed by atoms with Crippen LogP contribution in [0.4, 0.5) is 28.0 Å². The van der Waals surface area contributed by atoms with Crippen LogP contribution in [-0.2, 0) is 6.18 Å². The predicted molar refractivity (Wildman–Crippen MR) is 79.3 cm³/mol. The maximum Gasteiger partial charge on any atom is 0.419 e. The summed E-state index contributed by atoms with van der Waals surface area (Å²) in [5.74, 6) is -2.31. The molecule has 0 heterocycles. The molecule has 2 N–H and O–H groups in total. The number of anilines is 1. The number of carbonyl (C=O) groups excluding carboxylic acids is 2. The van der Waals surface area contributed by atoms with Crippen molar-refractivity contribution in [2.24, 2.45) is 0 Å². The van der Waals surface area contributed by atoms with Gasteiger partial charge in [-0.3, -0.25) is 10.1 Å². The van der Waals surface area contributed by atoms with Crippen LogP contribution in [0, 0.1) is 5.82 Å². The first-order valence-corrected chi connectivity index (χ1v) is 6.80. The number of rotatable bonds is 2. The van der Waals surface area contributed by atoms with Gasteiger partial charge in [0.1, 0.15) is 5.82 Å². The molecular weight excluding hydrogens is 352 g/mol. The van der Waals surface area contributed by atoms with Crippen molar-refractivity contribution < 1.29 is 27.2 Å². The van der Waals surface area contributed by atoms with Crippen LogP contribution in [0.15, 0.2) is 42.5 Å². The molecule has 0 aromatic heterocycles. The summed E-state index contributed by atoms with van der Waals surface area (Å²) >= 11 is 5.79. The summed E-state index contributed by atoms with van der Waals surface area (Å²) in [4.78, 5) is 23.5. The molecule has 0 bridgehead atoms. The molecule has 0 fully saturated rings. The normalized spacial score (nSPS) is 11.0. The summed E-state index contributed by atoms with van der Waals surface area (Å²) in [6.45, 7) is 0. The summed E-state index contributed by atoms with van der Waals surface area (Å²) in [6.07, 6.45) is -4.91. The molecule has 0 atom stereocenters. The second-order valence-corrected chi connectivity index (χ2v) is 4.99. The number of hydrogen-bond donors (Lipinski definition) is 2. The highest BCUT2D eigenvalue weighted by Gasteiger charge is 2.34. The number of halogens is 5. The molecule has 2 aromatic carbocycles. The lowest BCUT2D eigenvalue weighted by molar-refractivity contribution is -0.139. The molecule has 0 radical (unpaired) electrons. The fraction of sp³-hybridized carbons (Fsp3) is 0.0667. The quantitative estimate of drug-likeness (QED) is 0.777. The van der Waals surface area contributed by atoms with E-state index in [1.54, 1.807) is 6.07 Å².